The first-order valence-corrected chi connectivity index (χ1v) is 22.6. The fraction of sp³-hybridized carbons (Fsp3) is 0.0476. The second-order valence-corrected chi connectivity index (χ2v) is 17.9. The molecule has 0 N–H and O–H groups in total. The molecule has 1 aromatic heterocycles. The summed E-state index contributed by atoms with van der Waals surface area (Å²) in [7, 11) is 0. The zero-order chi connectivity index (χ0) is 41.9. The molecule has 11 aromatic rings. The molecule has 2 atom stereocenters. The summed E-state index contributed by atoms with van der Waals surface area (Å²) in [6.07, 6.45) is 1.01. The number of benzene rings is 10. The summed E-state index contributed by atoms with van der Waals surface area (Å²) in [5, 5.41) is 2.59. The SMILES string of the molecule is c1ccc(-c2ccc(C(c3ccc(-c4ccc5c(c4)-c4ccccc4C5)cc3)c3ccc4c(c3)C3(c5ccccc5-4)c4ccccc4-n4c5ccccc5c5cccc3c54)cc2)cc1. The van der Waals surface area contributed by atoms with Gasteiger partial charge in [-0.3, -0.25) is 0 Å². The number of rotatable bonds is 5. The van der Waals surface area contributed by atoms with Gasteiger partial charge in [0.25, 0.3) is 0 Å². The highest BCUT2D eigenvalue weighted by molar-refractivity contribution is 6.12. The van der Waals surface area contributed by atoms with Gasteiger partial charge in [0.15, 0.2) is 0 Å². The Labute approximate surface area is 373 Å². The number of nitrogens with zero attached hydrogens (tertiary/aromatic N) is 1. The molecule has 1 aliphatic heterocycles. The van der Waals surface area contributed by atoms with Crippen molar-refractivity contribution in [1.82, 2.24) is 4.57 Å². The van der Waals surface area contributed by atoms with E-state index in [-0.39, 0.29) is 5.92 Å². The van der Waals surface area contributed by atoms with Crippen LogP contribution in [0.5, 0.6) is 0 Å². The minimum Gasteiger partial charge on any atom is -0.309 e. The molecular formula is C63H41N. The molecule has 0 fully saturated rings. The molecule has 3 aliphatic rings. The van der Waals surface area contributed by atoms with Crippen LogP contribution in [-0.4, -0.2) is 4.57 Å². The van der Waals surface area contributed by atoms with Crippen molar-refractivity contribution in [2.45, 2.75) is 17.8 Å². The van der Waals surface area contributed by atoms with Crippen LogP contribution in [0, 0.1) is 0 Å². The third-order valence-electron chi connectivity index (χ3n) is 14.8. The zero-order valence-corrected chi connectivity index (χ0v) is 35.2. The van der Waals surface area contributed by atoms with Crippen molar-refractivity contribution >= 4 is 21.8 Å². The fourth-order valence-corrected chi connectivity index (χ4v) is 12.0. The highest BCUT2D eigenvalue weighted by Crippen LogP contribution is 2.61. The Morgan fingerprint density at radius 1 is 0.344 bits per heavy atom. The highest BCUT2D eigenvalue weighted by Gasteiger charge is 2.51. The van der Waals surface area contributed by atoms with Crippen LogP contribution in [0.4, 0.5) is 0 Å². The van der Waals surface area contributed by atoms with E-state index in [1.54, 1.807) is 0 Å². The maximum atomic E-state index is 2.57. The van der Waals surface area contributed by atoms with E-state index in [0.29, 0.717) is 0 Å². The van der Waals surface area contributed by atoms with E-state index in [9.17, 15) is 0 Å². The minimum atomic E-state index is -0.514. The van der Waals surface area contributed by atoms with Crippen molar-refractivity contribution in [3.8, 4) is 50.2 Å². The molecule has 0 bridgehead atoms. The predicted molar refractivity (Wildman–Crippen MR) is 265 cm³/mol. The van der Waals surface area contributed by atoms with Gasteiger partial charge in [-0.25, -0.2) is 0 Å². The first kappa shape index (κ1) is 35.6. The second kappa shape index (κ2) is 13.5. The van der Waals surface area contributed by atoms with Crippen LogP contribution in [0.2, 0.25) is 0 Å². The summed E-state index contributed by atoms with van der Waals surface area (Å²) in [6.45, 7) is 0. The normalized spacial score (nSPS) is 15.4. The van der Waals surface area contributed by atoms with Crippen LogP contribution in [0.25, 0.3) is 72.0 Å². The molecule has 1 nitrogen and oxygen atoms in total. The first-order valence-electron chi connectivity index (χ1n) is 22.6. The Morgan fingerprint density at radius 2 is 0.922 bits per heavy atom. The maximum Gasteiger partial charge on any atom is 0.0754 e. The molecule has 1 spiro atoms. The van der Waals surface area contributed by atoms with Gasteiger partial charge in [0.2, 0.25) is 0 Å². The lowest BCUT2D eigenvalue weighted by atomic mass is 9.65. The van der Waals surface area contributed by atoms with Crippen molar-refractivity contribution in [2.24, 2.45) is 0 Å². The van der Waals surface area contributed by atoms with Gasteiger partial charge in [-0.05, 0) is 119 Å². The van der Waals surface area contributed by atoms with Gasteiger partial charge in [-0.1, -0.05) is 212 Å². The molecule has 14 rings (SSSR count). The molecule has 298 valence electrons. The summed E-state index contributed by atoms with van der Waals surface area (Å²) in [5.41, 5.74) is 25.6. The number of fused-ring (bicyclic) bond motifs is 15. The second-order valence-electron chi connectivity index (χ2n) is 17.9. The molecule has 0 saturated carbocycles. The van der Waals surface area contributed by atoms with Crippen LogP contribution in [0.15, 0.2) is 231 Å². The first-order chi connectivity index (χ1) is 31.7. The molecule has 2 aliphatic carbocycles. The average Bonchev–Trinajstić information content (AvgIpc) is 4.01. The van der Waals surface area contributed by atoms with Crippen LogP contribution < -0.4 is 0 Å². The largest absolute Gasteiger partial charge is 0.309 e. The van der Waals surface area contributed by atoms with Crippen LogP contribution >= 0.6 is 0 Å². The lowest BCUT2D eigenvalue weighted by molar-refractivity contribution is 0.746. The summed E-state index contributed by atoms with van der Waals surface area (Å²) < 4.78 is 2.53. The number of hydrogen-bond donors (Lipinski definition) is 0. The molecule has 64 heavy (non-hydrogen) atoms. The van der Waals surface area contributed by atoms with Gasteiger partial charge in [-0.2, -0.15) is 0 Å². The van der Waals surface area contributed by atoms with Gasteiger partial charge in [0.05, 0.1) is 22.1 Å². The van der Waals surface area contributed by atoms with Crippen LogP contribution in [-0.2, 0) is 11.8 Å². The quantitative estimate of drug-likeness (QED) is 0.153. The molecule has 2 heterocycles. The molecule has 1 heteroatoms. The van der Waals surface area contributed by atoms with Crippen molar-refractivity contribution in [3.05, 3.63) is 281 Å². The molecular weight excluding hydrogens is 771 g/mol. The van der Waals surface area contributed by atoms with Crippen LogP contribution in [0.3, 0.4) is 0 Å². The third kappa shape index (κ3) is 4.90. The number of para-hydroxylation sites is 3. The summed E-state index contributed by atoms with van der Waals surface area (Å²) >= 11 is 0. The van der Waals surface area contributed by atoms with E-state index in [0.717, 1.165) is 6.42 Å². The van der Waals surface area contributed by atoms with Crippen molar-refractivity contribution in [3.63, 3.8) is 0 Å². The molecule has 2 unspecified atom stereocenters. The predicted octanol–water partition coefficient (Wildman–Crippen LogP) is 15.5. The van der Waals surface area contributed by atoms with E-state index < -0.39 is 5.41 Å². The number of aromatic nitrogens is 1. The lowest BCUT2D eigenvalue weighted by Gasteiger charge is -2.39. The smallest absolute Gasteiger partial charge is 0.0754 e. The van der Waals surface area contributed by atoms with E-state index in [1.165, 1.54) is 122 Å². The standard InChI is InChI=1S/C63H41N/c1-2-13-40(14-3-1)41-25-29-43(30-26-41)61(44-31-27-42(28-32-44)45-33-34-47-37-46-15-4-5-16-49(46)54(47)38-45)48-35-36-51-50-17-6-8-20-55(50)63(58(51)39-48)56-21-9-11-24-60(56)64-59-23-10-7-18-52(59)53-19-12-22-57(63)62(53)64/h1-36,38-39,61H,37H2. The van der Waals surface area contributed by atoms with E-state index >= 15 is 0 Å². The average molecular weight is 812 g/mol. The molecule has 0 amide bonds. The molecule has 0 saturated heterocycles. The van der Waals surface area contributed by atoms with Crippen LogP contribution in [0.1, 0.15) is 56.0 Å². The number of hydrogen-bond acceptors (Lipinski definition) is 0. The summed E-state index contributed by atoms with van der Waals surface area (Å²) in [4.78, 5) is 0. The molecule has 0 radical (unpaired) electrons. The van der Waals surface area contributed by atoms with E-state index in [4.69, 9.17) is 0 Å². The zero-order valence-electron chi connectivity index (χ0n) is 35.2. The van der Waals surface area contributed by atoms with Gasteiger partial charge >= 0.3 is 0 Å². The maximum absolute atomic E-state index is 2.57. The summed E-state index contributed by atoms with van der Waals surface area (Å²) in [6, 6.07) is 87.0. The van der Waals surface area contributed by atoms with E-state index in [2.05, 4.69) is 235 Å². The Balaban J connectivity index is 0.976. The van der Waals surface area contributed by atoms with Gasteiger partial charge in [0, 0.05) is 16.7 Å². The summed E-state index contributed by atoms with van der Waals surface area (Å²) in [5.74, 6) is -0.00194. The van der Waals surface area contributed by atoms with Gasteiger partial charge in [0.1, 0.15) is 0 Å². The third-order valence-corrected chi connectivity index (χ3v) is 14.8. The molecule has 10 aromatic carbocycles. The minimum absolute atomic E-state index is 0.00194. The fourth-order valence-electron chi connectivity index (χ4n) is 12.0. The Bertz CT molecular complexity index is 3680. The van der Waals surface area contributed by atoms with Crippen molar-refractivity contribution in [2.75, 3.05) is 0 Å². The highest BCUT2D eigenvalue weighted by atomic mass is 15.0. The van der Waals surface area contributed by atoms with Crippen molar-refractivity contribution in [1.29, 1.82) is 0 Å². The van der Waals surface area contributed by atoms with Gasteiger partial charge in [-0.15, -0.1) is 0 Å². The van der Waals surface area contributed by atoms with Gasteiger partial charge < -0.3 is 4.57 Å². The monoisotopic (exact) mass is 811 g/mol. The lowest BCUT2D eigenvalue weighted by Crippen LogP contribution is -2.33. The van der Waals surface area contributed by atoms with Crippen molar-refractivity contribution < 1.29 is 0 Å². The van der Waals surface area contributed by atoms with E-state index in [1.807, 2.05) is 0 Å². The Morgan fingerprint density at radius 3 is 1.75 bits per heavy atom. The topological polar surface area (TPSA) is 4.93 Å². The Kier molecular flexibility index (Phi) is 7.50. The Hall–Kier alpha value is -8.00.